The summed E-state index contributed by atoms with van der Waals surface area (Å²) in [7, 11) is -3.30. The van der Waals surface area contributed by atoms with E-state index >= 15 is 0 Å². The molecule has 2 aromatic heterocycles. The second kappa shape index (κ2) is 7.43. The lowest BCUT2D eigenvalue weighted by molar-refractivity contribution is 0.233. The Bertz CT molecular complexity index is 889. The van der Waals surface area contributed by atoms with E-state index in [0.717, 1.165) is 36.7 Å². The molecule has 2 heterocycles. The number of aromatic amines is 1. The van der Waals surface area contributed by atoms with E-state index in [1.54, 1.807) is 20.8 Å². The molecule has 0 spiro atoms. The van der Waals surface area contributed by atoms with Crippen molar-refractivity contribution in [3.63, 3.8) is 0 Å². The maximum Gasteiger partial charge on any atom is 0.216 e. The van der Waals surface area contributed by atoms with Gasteiger partial charge in [-0.25, -0.2) is 18.1 Å². The molecule has 150 valence electrons. The van der Waals surface area contributed by atoms with Gasteiger partial charge >= 0.3 is 0 Å². The monoisotopic (exact) mass is 393 g/mol. The number of aromatic nitrogens is 2. The van der Waals surface area contributed by atoms with Crippen LogP contribution in [-0.2, 0) is 10.0 Å². The topological polar surface area (TPSA) is 84.1 Å². The van der Waals surface area contributed by atoms with Crippen LogP contribution in [0.2, 0.25) is 0 Å². The SMILES string of the molecule is CC(C)Oc1ccc2[nH]c(C3CCC(NS(=O)(=O)C(C)(C)C)CC3)cc2n1. The summed E-state index contributed by atoms with van der Waals surface area (Å²) >= 11 is 0. The van der Waals surface area contributed by atoms with Gasteiger partial charge < -0.3 is 9.72 Å². The Morgan fingerprint density at radius 3 is 2.44 bits per heavy atom. The zero-order valence-corrected chi connectivity index (χ0v) is 17.7. The number of ether oxygens (including phenoxy) is 1. The predicted octanol–water partition coefficient (Wildman–Crippen LogP) is 4.09. The molecule has 3 rings (SSSR count). The Kier molecular flexibility index (Phi) is 5.54. The molecule has 0 bridgehead atoms. The second-order valence-electron chi connectivity index (χ2n) is 8.76. The number of hydrogen-bond acceptors (Lipinski definition) is 4. The van der Waals surface area contributed by atoms with Gasteiger partial charge in [0.05, 0.1) is 21.9 Å². The summed E-state index contributed by atoms with van der Waals surface area (Å²) in [4.78, 5) is 8.05. The highest BCUT2D eigenvalue weighted by molar-refractivity contribution is 7.90. The van der Waals surface area contributed by atoms with Gasteiger partial charge in [-0.2, -0.15) is 0 Å². The van der Waals surface area contributed by atoms with Crippen LogP contribution in [0.1, 0.15) is 71.9 Å². The van der Waals surface area contributed by atoms with E-state index in [9.17, 15) is 8.42 Å². The van der Waals surface area contributed by atoms with Crippen LogP contribution in [0.4, 0.5) is 0 Å². The number of fused-ring (bicyclic) bond motifs is 1. The molecule has 0 radical (unpaired) electrons. The van der Waals surface area contributed by atoms with E-state index in [1.165, 1.54) is 5.69 Å². The lowest BCUT2D eigenvalue weighted by Crippen LogP contribution is -2.45. The fraction of sp³-hybridized carbons (Fsp3) is 0.650. The van der Waals surface area contributed by atoms with Crippen LogP contribution in [0.5, 0.6) is 5.88 Å². The van der Waals surface area contributed by atoms with Gasteiger partial charge in [0, 0.05) is 17.8 Å². The number of H-pyrrole nitrogens is 1. The third kappa shape index (κ3) is 4.63. The largest absolute Gasteiger partial charge is 0.475 e. The normalized spacial score (nSPS) is 21.7. The van der Waals surface area contributed by atoms with Crippen molar-refractivity contribution in [1.29, 1.82) is 0 Å². The molecule has 7 heteroatoms. The first-order valence-corrected chi connectivity index (χ1v) is 11.2. The van der Waals surface area contributed by atoms with Crippen LogP contribution in [0, 0.1) is 0 Å². The van der Waals surface area contributed by atoms with Crippen LogP contribution in [0.15, 0.2) is 18.2 Å². The molecule has 1 fully saturated rings. The molecule has 2 aromatic rings. The first-order valence-electron chi connectivity index (χ1n) is 9.73. The number of nitrogens with zero attached hydrogens (tertiary/aromatic N) is 1. The van der Waals surface area contributed by atoms with Crippen LogP contribution in [0.25, 0.3) is 11.0 Å². The van der Waals surface area contributed by atoms with Gasteiger partial charge in [-0.05, 0) is 78.4 Å². The first kappa shape index (κ1) is 20.1. The molecule has 0 amide bonds. The highest BCUT2D eigenvalue weighted by Gasteiger charge is 2.33. The Hall–Kier alpha value is -1.60. The van der Waals surface area contributed by atoms with Crippen LogP contribution in [0.3, 0.4) is 0 Å². The minimum Gasteiger partial charge on any atom is -0.475 e. The number of nitrogens with one attached hydrogen (secondary N) is 2. The van der Waals surface area contributed by atoms with Crippen molar-refractivity contribution in [3.8, 4) is 5.88 Å². The average Bonchev–Trinajstić information content (AvgIpc) is 2.96. The Morgan fingerprint density at radius 1 is 1.19 bits per heavy atom. The number of rotatable bonds is 5. The molecule has 0 aliphatic heterocycles. The third-order valence-electron chi connectivity index (χ3n) is 5.12. The molecular weight excluding hydrogens is 362 g/mol. The van der Waals surface area contributed by atoms with Gasteiger partial charge in [0.25, 0.3) is 0 Å². The summed E-state index contributed by atoms with van der Waals surface area (Å²) in [6.45, 7) is 9.17. The molecule has 1 aliphatic rings. The van der Waals surface area contributed by atoms with Crippen molar-refractivity contribution in [2.24, 2.45) is 0 Å². The molecule has 0 aromatic carbocycles. The number of hydrogen-bond donors (Lipinski definition) is 2. The Balaban J connectivity index is 1.66. The lowest BCUT2D eigenvalue weighted by atomic mass is 9.84. The quantitative estimate of drug-likeness (QED) is 0.801. The van der Waals surface area contributed by atoms with Gasteiger partial charge in [-0.1, -0.05) is 0 Å². The standard InChI is InChI=1S/C20H31N3O3S/c1-13(2)26-19-11-10-16-18(22-19)12-17(21-16)14-6-8-15(9-7-14)23-27(24,25)20(3,4)5/h10-15,21,23H,6-9H2,1-5H3. The van der Waals surface area contributed by atoms with E-state index in [-0.39, 0.29) is 12.1 Å². The van der Waals surface area contributed by atoms with Gasteiger partial charge in [-0.15, -0.1) is 0 Å². The van der Waals surface area contributed by atoms with Crippen molar-refractivity contribution in [1.82, 2.24) is 14.7 Å². The molecule has 1 aliphatic carbocycles. The summed E-state index contributed by atoms with van der Waals surface area (Å²) in [5.74, 6) is 1.05. The molecule has 0 unspecified atom stereocenters. The molecule has 0 atom stereocenters. The zero-order valence-electron chi connectivity index (χ0n) is 16.9. The van der Waals surface area contributed by atoms with Crippen LogP contribution in [-0.4, -0.2) is 35.3 Å². The maximum absolute atomic E-state index is 12.4. The van der Waals surface area contributed by atoms with E-state index in [0.29, 0.717) is 11.8 Å². The molecule has 2 N–H and O–H groups in total. The fourth-order valence-electron chi connectivity index (χ4n) is 3.46. The Morgan fingerprint density at radius 2 is 1.85 bits per heavy atom. The molecule has 6 nitrogen and oxygen atoms in total. The van der Waals surface area contributed by atoms with E-state index in [2.05, 4.69) is 20.8 Å². The van der Waals surface area contributed by atoms with Crippen molar-refractivity contribution in [3.05, 3.63) is 23.9 Å². The fourth-order valence-corrected chi connectivity index (χ4v) is 4.48. The first-order chi connectivity index (χ1) is 12.5. The average molecular weight is 394 g/mol. The van der Waals surface area contributed by atoms with Crippen molar-refractivity contribution in [2.45, 2.75) is 83.1 Å². The number of sulfonamides is 1. The predicted molar refractivity (Wildman–Crippen MR) is 109 cm³/mol. The van der Waals surface area contributed by atoms with Gasteiger partial charge in [-0.3, -0.25) is 0 Å². The minimum atomic E-state index is -3.30. The van der Waals surface area contributed by atoms with Gasteiger partial charge in [0.2, 0.25) is 15.9 Å². The molecular formula is C20H31N3O3S. The highest BCUT2D eigenvalue weighted by Crippen LogP contribution is 2.34. The second-order valence-corrected chi connectivity index (χ2v) is 11.2. The zero-order chi connectivity index (χ0) is 19.8. The Labute approximate surface area is 162 Å². The molecule has 27 heavy (non-hydrogen) atoms. The van der Waals surface area contributed by atoms with Crippen LogP contribution >= 0.6 is 0 Å². The molecule has 1 saturated carbocycles. The van der Waals surface area contributed by atoms with Crippen molar-refractivity contribution in [2.75, 3.05) is 0 Å². The summed E-state index contributed by atoms with van der Waals surface area (Å²) in [5.41, 5.74) is 3.10. The third-order valence-corrected chi connectivity index (χ3v) is 7.38. The number of pyridine rings is 1. The highest BCUT2D eigenvalue weighted by atomic mass is 32.2. The van der Waals surface area contributed by atoms with E-state index in [4.69, 9.17) is 4.74 Å². The van der Waals surface area contributed by atoms with E-state index < -0.39 is 14.8 Å². The minimum absolute atomic E-state index is 0.0269. The summed E-state index contributed by atoms with van der Waals surface area (Å²) in [5, 5.41) is 0. The smallest absolute Gasteiger partial charge is 0.216 e. The lowest BCUT2D eigenvalue weighted by Gasteiger charge is -2.31. The summed E-state index contributed by atoms with van der Waals surface area (Å²) in [6.07, 6.45) is 3.72. The summed E-state index contributed by atoms with van der Waals surface area (Å²) < 4.78 is 32.5. The van der Waals surface area contributed by atoms with E-state index in [1.807, 2.05) is 26.0 Å². The van der Waals surface area contributed by atoms with Gasteiger partial charge in [0.15, 0.2) is 0 Å². The van der Waals surface area contributed by atoms with Crippen LogP contribution < -0.4 is 9.46 Å². The molecule has 0 saturated heterocycles. The van der Waals surface area contributed by atoms with Gasteiger partial charge in [0.1, 0.15) is 0 Å². The maximum atomic E-state index is 12.4. The van der Waals surface area contributed by atoms with Crippen molar-refractivity contribution >= 4 is 21.1 Å². The van der Waals surface area contributed by atoms with Crippen molar-refractivity contribution < 1.29 is 13.2 Å². The summed E-state index contributed by atoms with van der Waals surface area (Å²) in [6, 6.07) is 6.03.